The van der Waals surface area contributed by atoms with Gasteiger partial charge < -0.3 is 14.2 Å². The van der Waals surface area contributed by atoms with Crippen LogP contribution in [0.3, 0.4) is 0 Å². The average Bonchev–Trinajstić information content (AvgIpc) is 2.47. The molecule has 1 saturated heterocycles. The van der Waals surface area contributed by atoms with Gasteiger partial charge in [0.05, 0.1) is 7.11 Å². The molecule has 0 spiro atoms. The number of morpholine rings is 1. The lowest BCUT2D eigenvalue weighted by Crippen LogP contribution is -2.54. The second-order valence-corrected chi connectivity index (χ2v) is 4.45. The zero-order valence-electron chi connectivity index (χ0n) is 11.4. The van der Waals surface area contributed by atoms with Crippen molar-refractivity contribution in [2.45, 2.75) is 25.8 Å². The van der Waals surface area contributed by atoms with Crippen molar-refractivity contribution in [3.05, 3.63) is 35.9 Å². The molecule has 0 saturated carbocycles. The summed E-state index contributed by atoms with van der Waals surface area (Å²) in [5.41, 5.74) is 0.952. The molecular formula is C14H17NO5. The van der Waals surface area contributed by atoms with Crippen LogP contribution in [0.15, 0.2) is 30.3 Å². The van der Waals surface area contributed by atoms with Gasteiger partial charge in [0.15, 0.2) is 0 Å². The number of hydrogen-bond donors (Lipinski definition) is 0. The van der Waals surface area contributed by atoms with E-state index in [-0.39, 0.29) is 12.5 Å². The molecule has 1 amide bonds. The summed E-state index contributed by atoms with van der Waals surface area (Å²) in [6.07, 6.45) is -2.15. The quantitative estimate of drug-likeness (QED) is 0.785. The summed E-state index contributed by atoms with van der Waals surface area (Å²) < 4.78 is 14.8. The first-order valence-corrected chi connectivity index (χ1v) is 6.32. The summed E-state index contributed by atoms with van der Waals surface area (Å²) in [6, 6.07) is 9.49. The first-order chi connectivity index (χ1) is 9.61. The number of amides is 1. The number of benzene rings is 1. The average molecular weight is 279 g/mol. The number of carbonyl (C=O) groups excluding carboxylic acids is 2. The van der Waals surface area contributed by atoms with Crippen molar-refractivity contribution in [1.29, 1.82) is 0 Å². The van der Waals surface area contributed by atoms with Crippen LogP contribution in [0.4, 0.5) is 4.79 Å². The van der Waals surface area contributed by atoms with Crippen LogP contribution in [-0.2, 0) is 25.5 Å². The van der Waals surface area contributed by atoms with E-state index in [4.69, 9.17) is 9.47 Å². The van der Waals surface area contributed by atoms with Crippen molar-refractivity contribution >= 4 is 12.1 Å². The Morgan fingerprint density at radius 2 is 2.10 bits per heavy atom. The lowest BCUT2D eigenvalue weighted by molar-refractivity contribution is -0.181. The Bertz CT molecular complexity index is 476. The largest absolute Gasteiger partial charge is 0.510 e. The van der Waals surface area contributed by atoms with E-state index in [1.165, 1.54) is 12.0 Å². The highest BCUT2D eigenvalue weighted by Gasteiger charge is 2.36. The molecule has 108 valence electrons. The molecule has 2 unspecified atom stereocenters. The molecule has 0 bridgehead atoms. The lowest BCUT2D eigenvalue weighted by Gasteiger charge is -2.37. The van der Waals surface area contributed by atoms with Crippen molar-refractivity contribution in [3.63, 3.8) is 0 Å². The summed E-state index contributed by atoms with van der Waals surface area (Å²) in [5, 5.41) is 0. The molecule has 1 aromatic carbocycles. The lowest BCUT2D eigenvalue weighted by atomic mass is 10.2. The van der Waals surface area contributed by atoms with Crippen molar-refractivity contribution in [1.82, 2.24) is 4.90 Å². The minimum absolute atomic E-state index is 0.134. The van der Waals surface area contributed by atoms with Gasteiger partial charge in [0.25, 0.3) is 5.91 Å². The molecule has 1 fully saturated rings. The Morgan fingerprint density at radius 1 is 1.40 bits per heavy atom. The van der Waals surface area contributed by atoms with Gasteiger partial charge in [-0.3, -0.25) is 9.69 Å². The van der Waals surface area contributed by atoms with Gasteiger partial charge in [0.2, 0.25) is 6.23 Å². The minimum Gasteiger partial charge on any atom is -0.438 e. The van der Waals surface area contributed by atoms with Crippen LogP contribution in [0, 0.1) is 0 Å². The van der Waals surface area contributed by atoms with E-state index in [9.17, 15) is 9.59 Å². The molecule has 2 atom stereocenters. The van der Waals surface area contributed by atoms with E-state index in [0.29, 0.717) is 6.54 Å². The predicted octanol–water partition coefficient (Wildman–Crippen LogP) is 1.54. The molecule has 1 aliphatic rings. The maximum atomic E-state index is 12.2. The van der Waals surface area contributed by atoms with Crippen LogP contribution in [0.25, 0.3) is 0 Å². The van der Waals surface area contributed by atoms with Crippen molar-refractivity contribution in [3.8, 4) is 0 Å². The van der Waals surface area contributed by atoms with Gasteiger partial charge in [0.1, 0.15) is 12.7 Å². The maximum absolute atomic E-state index is 12.2. The molecule has 6 heteroatoms. The number of ether oxygens (including phenoxy) is 3. The number of methoxy groups -OCH3 is 1. The van der Waals surface area contributed by atoms with Crippen LogP contribution in [0.2, 0.25) is 0 Å². The molecule has 1 aliphatic heterocycles. The summed E-state index contributed by atoms with van der Waals surface area (Å²) in [6.45, 7) is 2.17. The molecule has 6 nitrogen and oxygen atoms in total. The monoisotopic (exact) mass is 279 g/mol. The molecule has 0 N–H and O–H groups in total. The van der Waals surface area contributed by atoms with Crippen LogP contribution in [0.5, 0.6) is 0 Å². The molecule has 2 rings (SSSR count). The SMILES string of the molecule is COC(=O)OC1COC(C)C(=O)N1Cc1ccccc1. The second kappa shape index (κ2) is 6.38. The smallest absolute Gasteiger partial charge is 0.438 e. The fourth-order valence-electron chi connectivity index (χ4n) is 1.98. The molecule has 0 aromatic heterocycles. The number of nitrogens with zero attached hydrogens (tertiary/aromatic N) is 1. The van der Waals surface area contributed by atoms with E-state index < -0.39 is 18.5 Å². The highest BCUT2D eigenvalue weighted by molar-refractivity contribution is 5.81. The van der Waals surface area contributed by atoms with Gasteiger partial charge in [-0.2, -0.15) is 0 Å². The Kier molecular flexibility index (Phi) is 4.57. The molecule has 1 heterocycles. The fourth-order valence-corrected chi connectivity index (χ4v) is 1.98. The maximum Gasteiger partial charge on any atom is 0.510 e. The molecule has 0 radical (unpaired) electrons. The van der Waals surface area contributed by atoms with Crippen LogP contribution in [-0.4, -0.2) is 43.0 Å². The van der Waals surface area contributed by atoms with Crippen molar-refractivity contribution in [2.24, 2.45) is 0 Å². The van der Waals surface area contributed by atoms with Crippen LogP contribution in [0.1, 0.15) is 12.5 Å². The molecular weight excluding hydrogens is 262 g/mol. The third-order valence-electron chi connectivity index (χ3n) is 3.06. The topological polar surface area (TPSA) is 65.1 Å². The Balaban J connectivity index is 2.13. The van der Waals surface area contributed by atoms with Crippen LogP contribution >= 0.6 is 0 Å². The van der Waals surface area contributed by atoms with Gasteiger partial charge in [-0.1, -0.05) is 30.3 Å². The van der Waals surface area contributed by atoms with E-state index in [1.807, 2.05) is 30.3 Å². The molecule has 1 aromatic rings. The predicted molar refractivity (Wildman–Crippen MR) is 69.7 cm³/mol. The highest BCUT2D eigenvalue weighted by Crippen LogP contribution is 2.18. The van der Waals surface area contributed by atoms with E-state index in [1.54, 1.807) is 6.92 Å². The van der Waals surface area contributed by atoms with E-state index >= 15 is 0 Å². The Hall–Kier alpha value is -2.08. The molecule has 20 heavy (non-hydrogen) atoms. The fraction of sp³-hybridized carbons (Fsp3) is 0.429. The minimum atomic E-state index is -0.834. The zero-order chi connectivity index (χ0) is 14.5. The Morgan fingerprint density at radius 3 is 2.75 bits per heavy atom. The van der Waals surface area contributed by atoms with Gasteiger partial charge in [-0.05, 0) is 12.5 Å². The summed E-state index contributed by atoms with van der Waals surface area (Å²) in [7, 11) is 1.22. The second-order valence-electron chi connectivity index (χ2n) is 4.45. The first-order valence-electron chi connectivity index (χ1n) is 6.32. The summed E-state index contributed by atoms with van der Waals surface area (Å²) >= 11 is 0. The van der Waals surface area contributed by atoms with E-state index in [2.05, 4.69) is 4.74 Å². The third kappa shape index (κ3) is 3.27. The highest BCUT2D eigenvalue weighted by atomic mass is 16.7. The number of hydrogen-bond acceptors (Lipinski definition) is 5. The third-order valence-corrected chi connectivity index (χ3v) is 3.06. The van der Waals surface area contributed by atoms with Gasteiger partial charge in [0, 0.05) is 6.54 Å². The van der Waals surface area contributed by atoms with Gasteiger partial charge in [-0.25, -0.2) is 4.79 Å². The van der Waals surface area contributed by atoms with Gasteiger partial charge in [-0.15, -0.1) is 0 Å². The van der Waals surface area contributed by atoms with Crippen LogP contribution < -0.4 is 0 Å². The number of rotatable bonds is 3. The van der Waals surface area contributed by atoms with Gasteiger partial charge >= 0.3 is 6.16 Å². The van der Waals surface area contributed by atoms with Crippen molar-refractivity contribution in [2.75, 3.05) is 13.7 Å². The number of carbonyl (C=O) groups is 2. The first kappa shape index (κ1) is 14.3. The standard InChI is InChI=1S/C14H17NO5/c1-10-13(16)15(8-11-6-4-3-5-7-11)12(9-19-10)20-14(17)18-2/h3-7,10,12H,8-9H2,1-2H3. The van der Waals surface area contributed by atoms with E-state index in [0.717, 1.165) is 5.56 Å². The Labute approximate surface area is 117 Å². The molecule has 0 aliphatic carbocycles. The van der Waals surface area contributed by atoms with Crippen molar-refractivity contribution < 1.29 is 23.8 Å². The normalized spacial score (nSPS) is 22.5. The zero-order valence-corrected chi connectivity index (χ0v) is 11.4. The summed E-state index contributed by atoms with van der Waals surface area (Å²) in [4.78, 5) is 24.9. The summed E-state index contributed by atoms with van der Waals surface area (Å²) in [5.74, 6) is -0.214.